The van der Waals surface area contributed by atoms with Gasteiger partial charge in [-0.05, 0) is 31.2 Å². The zero-order chi connectivity index (χ0) is 14.1. The average molecular weight is 266 g/mol. The molecule has 106 valence electrons. The van der Waals surface area contributed by atoms with Crippen molar-refractivity contribution in [1.29, 1.82) is 0 Å². The summed E-state index contributed by atoms with van der Waals surface area (Å²) < 4.78 is 10.9. The molecule has 0 aliphatic rings. The molecule has 0 bridgehead atoms. The number of benzene rings is 1. The van der Waals surface area contributed by atoms with Crippen molar-refractivity contribution >= 4 is 5.91 Å². The molecule has 0 aliphatic carbocycles. The number of ether oxygens (including phenoxy) is 2. The fourth-order valence-electron chi connectivity index (χ4n) is 1.69. The SMILES string of the molecule is CNCc1ccc(OC)c(OCCCC(=O)NC)c1. The molecule has 5 heteroatoms. The van der Waals surface area contributed by atoms with E-state index in [0.717, 1.165) is 12.1 Å². The standard InChI is InChI=1S/C14H22N2O3/c1-15-10-11-6-7-12(18-3)13(9-11)19-8-4-5-14(17)16-2/h6-7,9,15H,4-5,8,10H2,1-3H3,(H,16,17). The van der Waals surface area contributed by atoms with Crippen molar-refractivity contribution < 1.29 is 14.3 Å². The van der Waals surface area contributed by atoms with E-state index < -0.39 is 0 Å². The zero-order valence-corrected chi connectivity index (χ0v) is 11.8. The highest BCUT2D eigenvalue weighted by Gasteiger charge is 2.06. The van der Waals surface area contributed by atoms with E-state index in [-0.39, 0.29) is 5.91 Å². The van der Waals surface area contributed by atoms with Gasteiger partial charge >= 0.3 is 0 Å². The van der Waals surface area contributed by atoms with Gasteiger partial charge in [0.1, 0.15) is 0 Å². The number of carbonyl (C=O) groups is 1. The van der Waals surface area contributed by atoms with Crippen molar-refractivity contribution in [2.24, 2.45) is 0 Å². The van der Waals surface area contributed by atoms with Crippen molar-refractivity contribution in [2.45, 2.75) is 19.4 Å². The van der Waals surface area contributed by atoms with Crippen LogP contribution in [-0.2, 0) is 11.3 Å². The van der Waals surface area contributed by atoms with Crippen LogP contribution < -0.4 is 20.1 Å². The Bertz CT molecular complexity index is 408. The first kappa shape index (κ1) is 15.3. The molecular formula is C14H22N2O3. The third-order valence-corrected chi connectivity index (χ3v) is 2.69. The van der Waals surface area contributed by atoms with E-state index in [1.807, 2.05) is 25.2 Å². The molecular weight excluding hydrogens is 244 g/mol. The van der Waals surface area contributed by atoms with E-state index in [9.17, 15) is 4.79 Å². The summed E-state index contributed by atoms with van der Waals surface area (Å²) in [5.41, 5.74) is 1.13. The fourth-order valence-corrected chi connectivity index (χ4v) is 1.69. The van der Waals surface area contributed by atoms with E-state index in [4.69, 9.17) is 9.47 Å². The van der Waals surface area contributed by atoms with Gasteiger partial charge in [-0.1, -0.05) is 6.07 Å². The zero-order valence-electron chi connectivity index (χ0n) is 11.8. The second-order valence-corrected chi connectivity index (χ2v) is 4.14. The number of hydrogen-bond donors (Lipinski definition) is 2. The molecule has 0 aliphatic heterocycles. The number of rotatable bonds is 8. The topological polar surface area (TPSA) is 59.6 Å². The molecule has 0 fully saturated rings. The predicted molar refractivity (Wildman–Crippen MR) is 74.6 cm³/mol. The Morgan fingerprint density at radius 2 is 2.05 bits per heavy atom. The van der Waals surface area contributed by atoms with E-state index in [0.29, 0.717) is 30.9 Å². The van der Waals surface area contributed by atoms with Gasteiger partial charge in [-0.3, -0.25) is 4.79 Å². The molecule has 0 unspecified atom stereocenters. The third-order valence-electron chi connectivity index (χ3n) is 2.69. The summed E-state index contributed by atoms with van der Waals surface area (Å²) in [7, 11) is 5.14. The summed E-state index contributed by atoms with van der Waals surface area (Å²) in [6.45, 7) is 1.27. The molecule has 19 heavy (non-hydrogen) atoms. The minimum absolute atomic E-state index is 0.0273. The monoisotopic (exact) mass is 266 g/mol. The summed E-state index contributed by atoms with van der Waals surface area (Å²) in [6.07, 6.45) is 1.15. The van der Waals surface area contributed by atoms with Crippen molar-refractivity contribution in [1.82, 2.24) is 10.6 Å². The maximum Gasteiger partial charge on any atom is 0.219 e. The Balaban J connectivity index is 2.54. The number of hydrogen-bond acceptors (Lipinski definition) is 4. The van der Waals surface area contributed by atoms with Crippen LogP contribution in [0.15, 0.2) is 18.2 Å². The van der Waals surface area contributed by atoms with Crippen molar-refractivity contribution in [3.05, 3.63) is 23.8 Å². The first-order valence-electron chi connectivity index (χ1n) is 6.36. The Kier molecular flexibility index (Phi) is 6.74. The largest absolute Gasteiger partial charge is 0.493 e. The highest BCUT2D eigenvalue weighted by Crippen LogP contribution is 2.28. The van der Waals surface area contributed by atoms with Crippen LogP contribution in [0.2, 0.25) is 0 Å². The maximum atomic E-state index is 11.1. The number of amides is 1. The van der Waals surface area contributed by atoms with E-state index in [2.05, 4.69) is 10.6 Å². The Hall–Kier alpha value is -1.75. The molecule has 1 amide bonds. The van der Waals surface area contributed by atoms with Gasteiger partial charge in [0, 0.05) is 20.0 Å². The summed E-state index contributed by atoms with van der Waals surface area (Å²) >= 11 is 0. The van der Waals surface area contributed by atoms with Crippen molar-refractivity contribution in [3.63, 3.8) is 0 Å². The van der Waals surface area contributed by atoms with Gasteiger partial charge in [-0.2, -0.15) is 0 Å². The molecule has 0 aromatic heterocycles. The van der Waals surface area contributed by atoms with E-state index in [1.165, 1.54) is 0 Å². The highest BCUT2D eigenvalue weighted by atomic mass is 16.5. The van der Waals surface area contributed by atoms with Gasteiger partial charge < -0.3 is 20.1 Å². The molecule has 1 aromatic carbocycles. The van der Waals surface area contributed by atoms with Crippen LogP contribution in [0.3, 0.4) is 0 Å². The fraction of sp³-hybridized carbons (Fsp3) is 0.500. The molecule has 1 rings (SSSR count). The normalized spacial score (nSPS) is 10.1. The second-order valence-electron chi connectivity index (χ2n) is 4.14. The second kappa shape index (κ2) is 8.37. The van der Waals surface area contributed by atoms with Gasteiger partial charge in [-0.25, -0.2) is 0 Å². The molecule has 0 atom stereocenters. The van der Waals surface area contributed by atoms with Gasteiger partial charge in [0.15, 0.2) is 11.5 Å². The van der Waals surface area contributed by atoms with Crippen LogP contribution in [0.25, 0.3) is 0 Å². The van der Waals surface area contributed by atoms with Crippen LogP contribution in [0, 0.1) is 0 Å². The van der Waals surface area contributed by atoms with Gasteiger partial charge in [0.2, 0.25) is 5.91 Å². The van der Waals surface area contributed by atoms with Crippen LogP contribution >= 0.6 is 0 Å². The lowest BCUT2D eigenvalue weighted by atomic mass is 10.2. The number of carbonyl (C=O) groups excluding carboxylic acids is 1. The van der Waals surface area contributed by atoms with Gasteiger partial charge in [0.25, 0.3) is 0 Å². The van der Waals surface area contributed by atoms with Gasteiger partial charge in [0.05, 0.1) is 13.7 Å². The Morgan fingerprint density at radius 1 is 1.26 bits per heavy atom. The average Bonchev–Trinajstić information content (AvgIpc) is 2.44. The first-order chi connectivity index (χ1) is 9.21. The minimum Gasteiger partial charge on any atom is -0.493 e. The lowest BCUT2D eigenvalue weighted by molar-refractivity contribution is -0.120. The van der Waals surface area contributed by atoms with Crippen LogP contribution in [0.1, 0.15) is 18.4 Å². The lowest BCUT2D eigenvalue weighted by Crippen LogP contribution is -2.18. The number of methoxy groups -OCH3 is 1. The summed E-state index contributed by atoms with van der Waals surface area (Å²) in [5.74, 6) is 1.45. The molecule has 2 N–H and O–H groups in total. The van der Waals surface area contributed by atoms with Crippen LogP contribution in [-0.4, -0.2) is 33.7 Å². The summed E-state index contributed by atoms with van der Waals surface area (Å²) in [5, 5.41) is 5.67. The van der Waals surface area contributed by atoms with E-state index >= 15 is 0 Å². The molecule has 0 saturated heterocycles. The van der Waals surface area contributed by atoms with Crippen molar-refractivity contribution in [2.75, 3.05) is 27.8 Å². The quantitative estimate of drug-likeness (QED) is 0.697. The van der Waals surface area contributed by atoms with E-state index in [1.54, 1.807) is 14.2 Å². The molecule has 5 nitrogen and oxygen atoms in total. The Morgan fingerprint density at radius 3 is 2.68 bits per heavy atom. The summed E-state index contributed by atoms with van der Waals surface area (Å²) in [4.78, 5) is 11.1. The summed E-state index contributed by atoms with van der Waals surface area (Å²) in [6, 6.07) is 5.84. The molecule has 1 aromatic rings. The van der Waals surface area contributed by atoms with Crippen LogP contribution in [0.5, 0.6) is 11.5 Å². The Labute approximate surface area is 114 Å². The minimum atomic E-state index is 0.0273. The number of nitrogens with one attached hydrogen (secondary N) is 2. The molecule has 0 spiro atoms. The first-order valence-corrected chi connectivity index (χ1v) is 6.36. The highest BCUT2D eigenvalue weighted by molar-refractivity contribution is 5.75. The smallest absolute Gasteiger partial charge is 0.219 e. The molecule has 0 saturated carbocycles. The van der Waals surface area contributed by atoms with Crippen molar-refractivity contribution in [3.8, 4) is 11.5 Å². The molecule has 0 heterocycles. The lowest BCUT2D eigenvalue weighted by Gasteiger charge is -2.12. The molecule has 0 radical (unpaired) electrons. The predicted octanol–water partition coefficient (Wildman–Crippen LogP) is 1.32. The maximum absolute atomic E-state index is 11.1. The van der Waals surface area contributed by atoms with Crippen LogP contribution in [0.4, 0.5) is 0 Å². The third kappa shape index (κ3) is 5.18. The van der Waals surface area contributed by atoms with Gasteiger partial charge in [-0.15, -0.1) is 0 Å².